The van der Waals surface area contributed by atoms with E-state index in [0.717, 1.165) is 44.9 Å². The molecule has 3 fully saturated rings. The van der Waals surface area contributed by atoms with E-state index in [-0.39, 0.29) is 18.9 Å². The van der Waals surface area contributed by atoms with E-state index in [1.807, 2.05) is 6.08 Å². The fourth-order valence-electron chi connectivity index (χ4n) is 14.7. The maximum absolute atomic E-state index is 13.5. The van der Waals surface area contributed by atoms with Gasteiger partial charge in [-0.15, -0.1) is 0 Å². The van der Waals surface area contributed by atoms with Crippen LogP contribution >= 0.6 is 0 Å². The highest BCUT2D eigenvalue weighted by Gasteiger charge is 2.54. The van der Waals surface area contributed by atoms with E-state index in [1.165, 1.54) is 295 Å². The third-order valence-corrected chi connectivity index (χ3v) is 21.5. The monoisotopic (exact) mass is 1460 g/mol. The Morgan fingerprint density at radius 2 is 0.618 bits per heavy atom. The van der Waals surface area contributed by atoms with Crippen LogP contribution in [0.2, 0.25) is 0 Å². The molecule has 0 aromatic rings. The molecule has 1 amide bonds. The van der Waals surface area contributed by atoms with Crippen LogP contribution in [0.5, 0.6) is 0 Å². The molecule has 3 heterocycles. The number of carbonyl (C=O) groups excluding carboxylic acids is 1. The molecule has 0 bridgehead atoms. The number of unbranched alkanes of at least 4 members (excludes halogenated alkanes) is 51. The highest BCUT2D eigenvalue weighted by molar-refractivity contribution is 5.76. The SMILES string of the molecule is CCCCCCCCCC/C=C\CCCCCCCCCCCCCCCCCCCCCCCCCCCCCCCC(=O)NC(COC1OC(CO)C(OC2OC(CO)C(OC3OC(CO)C(O)C(O)C3O)C(O)C2O)C(O)C1O)C(O)/C=C/CCCCCCCCCCCCCCCC. The van der Waals surface area contributed by atoms with Gasteiger partial charge >= 0.3 is 0 Å². The van der Waals surface area contributed by atoms with E-state index >= 15 is 0 Å². The van der Waals surface area contributed by atoms with Crippen molar-refractivity contribution < 1.29 is 89.4 Å². The average Bonchev–Trinajstić information content (AvgIpc) is 0.755. The molecular weight excluding hydrogens is 1300 g/mol. The minimum Gasteiger partial charge on any atom is -0.394 e. The molecule has 0 spiro atoms. The summed E-state index contributed by atoms with van der Waals surface area (Å²) in [4.78, 5) is 13.5. The van der Waals surface area contributed by atoms with Gasteiger partial charge in [-0.2, -0.15) is 0 Å². The molecule has 0 radical (unpaired) electrons. The summed E-state index contributed by atoms with van der Waals surface area (Å²) in [6.45, 7) is 1.78. The van der Waals surface area contributed by atoms with Crippen LogP contribution in [0.25, 0.3) is 0 Å². The fraction of sp³-hybridized carbons (Fsp3) is 0.940. The van der Waals surface area contributed by atoms with Crippen molar-refractivity contribution in [3.8, 4) is 0 Å². The number of aliphatic hydroxyl groups excluding tert-OH is 11. The average molecular weight is 1460 g/mol. The third-order valence-electron chi connectivity index (χ3n) is 21.5. The van der Waals surface area contributed by atoms with E-state index in [1.54, 1.807) is 6.08 Å². The number of hydrogen-bond donors (Lipinski definition) is 12. The van der Waals surface area contributed by atoms with E-state index < -0.39 is 124 Å². The Morgan fingerprint density at radius 1 is 0.343 bits per heavy atom. The summed E-state index contributed by atoms with van der Waals surface area (Å²) >= 11 is 0. The lowest BCUT2D eigenvalue weighted by atomic mass is 9.96. The Kier molecular flexibility index (Phi) is 59.4. The second-order valence-electron chi connectivity index (χ2n) is 30.6. The summed E-state index contributed by atoms with van der Waals surface area (Å²) in [6, 6.07) is -0.970. The van der Waals surface area contributed by atoms with E-state index in [9.17, 15) is 61.0 Å². The van der Waals surface area contributed by atoms with Crippen LogP contribution in [0.1, 0.15) is 367 Å². The Balaban J connectivity index is 1.27. The summed E-state index contributed by atoms with van der Waals surface area (Å²) in [7, 11) is 0. The quantitative estimate of drug-likeness (QED) is 0.0199. The molecule has 0 aliphatic carbocycles. The highest BCUT2D eigenvalue weighted by atomic mass is 16.8. The van der Waals surface area contributed by atoms with Crippen molar-refractivity contribution in [2.45, 2.75) is 471 Å². The molecule has 0 aromatic carbocycles. The Bertz CT molecular complexity index is 1940. The lowest BCUT2D eigenvalue weighted by Crippen LogP contribution is -2.66. The molecule has 3 saturated heterocycles. The van der Waals surface area contributed by atoms with Gasteiger partial charge in [0.05, 0.1) is 38.6 Å². The zero-order valence-electron chi connectivity index (χ0n) is 64.6. The molecule has 3 rings (SSSR count). The predicted octanol–water partition coefficient (Wildman–Crippen LogP) is 14.9. The van der Waals surface area contributed by atoms with Gasteiger partial charge in [-0.1, -0.05) is 340 Å². The van der Waals surface area contributed by atoms with Gasteiger partial charge in [-0.3, -0.25) is 4.79 Å². The minimum atomic E-state index is -1.98. The van der Waals surface area contributed by atoms with Crippen molar-refractivity contribution in [1.82, 2.24) is 5.32 Å². The van der Waals surface area contributed by atoms with Gasteiger partial charge in [0.15, 0.2) is 18.9 Å². The molecule has 3 aliphatic rings. The number of allylic oxidation sites excluding steroid dienone is 3. The van der Waals surface area contributed by atoms with Crippen molar-refractivity contribution >= 4 is 5.91 Å². The number of carbonyl (C=O) groups is 1. The zero-order chi connectivity index (χ0) is 73.9. The smallest absolute Gasteiger partial charge is 0.220 e. The van der Waals surface area contributed by atoms with E-state index in [2.05, 4.69) is 31.3 Å². The Labute approximate surface area is 619 Å². The molecular formula is C83H157NO18. The first-order valence-corrected chi connectivity index (χ1v) is 42.6. The highest BCUT2D eigenvalue weighted by Crippen LogP contribution is 2.33. The van der Waals surface area contributed by atoms with Gasteiger partial charge in [0.1, 0.15) is 73.2 Å². The molecule has 12 N–H and O–H groups in total. The first kappa shape index (κ1) is 94.5. The topological polar surface area (TPSA) is 307 Å². The molecule has 19 heteroatoms. The van der Waals surface area contributed by atoms with E-state index in [0.29, 0.717) is 6.42 Å². The van der Waals surface area contributed by atoms with Crippen LogP contribution in [0.4, 0.5) is 0 Å². The largest absolute Gasteiger partial charge is 0.394 e. The summed E-state index contributed by atoms with van der Waals surface area (Å²) in [5, 5.41) is 121. The fourth-order valence-corrected chi connectivity index (χ4v) is 14.7. The van der Waals surface area contributed by atoms with Crippen LogP contribution < -0.4 is 5.32 Å². The molecule has 17 unspecified atom stereocenters. The number of rotatable bonds is 69. The van der Waals surface area contributed by atoms with Gasteiger partial charge < -0.3 is 89.9 Å². The summed E-state index contributed by atoms with van der Waals surface area (Å²) < 4.78 is 34.4. The van der Waals surface area contributed by atoms with Crippen LogP contribution in [-0.2, 0) is 33.2 Å². The van der Waals surface area contributed by atoms with Gasteiger partial charge in [-0.25, -0.2) is 0 Å². The van der Waals surface area contributed by atoms with Crippen LogP contribution in [0, 0.1) is 0 Å². The predicted molar refractivity (Wildman–Crippen MR) is 406 cm³/mol. The minimum absolute atomic E-state index is 0.249. The molecule has 102 heavy (non-hydrogen) atoms. The summed E-state index contributed by atoms with van der Waals surface area (Å²) in [6.07, 6.45) is 52.1. The molecule has 0 saturated carbocycles. The standard InChI is InChI=1S/C83H157NO18/c1-3-5-7-9-11-13-15-17-19-21-22-23-24-25-26-27-28-29-30-31-32-33-34-35-36-37-38-39-40-41-42-43-44-45-47-49-51-53-55-57-59-61-71(89)84-66(67(88)60-58-56-54-52-50-48-46-20-18-16-14-12-10-8-6-4-2)65-97-81-77(95)74(92)79(69(63-86)99-81)102-83-78(96)75(93)80(70(64-87)100-83)101-82-76(94)73(91)72(90)68(62-85)98-82/h21-22,58,60,66-70,72-83,85-88,90-96H,3-20,23-57,59,61-65H2,1-2H3,(H,84,89)/b22-21-,60-58+. The summed E-state index contributed by atoms with van der Waals surface area (Å²) in [5.74, 6) is -0.268. The van der Waals surface area contributed by atoms with Gasteiger partial charge in [-0.05, 0) is 44.9 Å². The Morgan fingerprint density at radius 3 is 0.951 bits per heavy atom. The van der Waals surface area contributed by atoms with Crippen molar-refractivity contribution in [3.63, 3.8) is 0 Å². The zero-order valence-corrected chi connectivity index (χ0v) is 64.6. The molecule has 19 nitrogen and oxygen atoms in total. The van der Waals surface area contributed by atoms with Crippen molar-refractivity contribution in [1.29, 1.82) is 0 Å². The van der Waals surface area contributed by atoms with Crippen LogP contribution in [0.3, 0.4) is 0 Å². The number of amides is 1. The molecule has 17 atom stereocenters. The maximum Gasteiger partial charge on any atom is 0.220 e. The van der Waals surface area contributed by atoms with Crippen molar-refractivity contribution in [3.05, 3.63) is 24.3 Å². The normalized spacial score (nSPS) is 26.2. The molecule has 602 valence electrons. The molecule has 0 aromatic heterocycles. The van der Waals surface area contributed by atoms with Gasteiger partial charge in [0.25, 0.3) is 0 Å². The van der Waals surface area contributed by atoms with Gasteiger partial charge in [0.2, 0.25) is 5.91 Å². The first-order chi connectivity index (χ1) is 49.8. The van der Waals surface area contributed by atoms with Crippen LogP contribution in [0.15, 0.2) is 24.3 Å². The van der Waals surface area contributed by atoms with Crippen molar-refractivity contribution in [2.24, 2.45) is 0 Å². The van der Waals surface area contributed by atoms with E-state index in [4.69, 9.17) is 28.4 Å². The number of ether oxygens (including phenoxy) is 6. The lowest BCUT2D eigenvalue weighted by Gasteiger charge is -2.48. The third kappa shape index (κ3) is 43.5. The van der Waals surface area contributed by atoms with Crippen LogP contribution in [-0.4, -0.2) is 193 Å². The molecule has 3 aliphatic heterocycles. The number of hydrogen-bond acceptors (Lipinski definition) is 18. The number of aliphatic hydroxyl groups is 11. The summed E-state index contributed by atoms with van der Waals surface area (Å²) in [5.41, 5.74) is 0. The lowest BCUT2D eigenvalue weighted by molar-refractivity contribution is -0.379. The van der Waals surface area contributed by atoms with Gasteiger partial charge in [0, 0.05) is 6.42 Å². The Hall–Kier alpha value is -1.73. The van der Waals surface area contributed by atoms with Crippen molar-refractivity contribution in [2.75, 3.05) is 26.4 Å². The second-order valence-corrected chi connectivity index (χ2v) is 30.6. The number of nitrogens with one attached hydrogen (secondary N) is 1. The maximum atomic E-state index is 13.5. The first-order valence-electron chi connectivity index (χ1n) is 42.6. The second kappa shape index (κ2) is 64.1.